The van der Waals surface area contributed by atoms with Gasteiger partial charge in [0.1, 0.15) is 23.9 Å². The van der Waals surface area contributed by atoms with Crippen LogP contribution in [0, 0.1) is 11.7 Å². The number of hydrogen-bond acceptors (Lipinski definition) is 7. The monoisotopic (exact) mass is 555 g/mol. The Morgan fingerprint density at radius 3 is 2.41 bits per heavy atom. The van der Waals surface area contributed by atoms with Crippen LogP contribution in [0.1, 0.15) is 30.5 Å². The van der Waals surface area contributed by atoms with Crippen molar-refractivity contribution in [3.8, 4) is 5.75 Å². The molecular formula is C27H36Cl2FN3O4. The summed E-state index contributed by atoms with van der Waals surface area (Å²) in [5, 5.41) is 5.47. The van der Waals surface area contributed by atoms with E-state index in [9.17, 15) is 4.39 Å². The molecule has 0 atom stereocenters. The van der Waals surface area contributed by atoms with E-state index in [-0.39, 0.29) is 36.9 Å². The molecule has 2 saturated heterocycles. The highest BCUT2D eigenvalue weighted by molar-refractivity contribution is 5.94. The van der Waals surface area contributed by atoms with Crippen LogP contribution >= 0.6 is 24.8 Å². The van der Waals surface area contributed by atoms with E-state index in [0.29, 0.717) is 25.7 Å². The van der Waals surface area contributed by atoms with Crippen LogP contribution in [-0.2, 0) is 22.5 Å². The highest BCUT2D eigenvalue weighted by Gasteiger charge is 2.25. The second kappa shape index (κ2) is 13.6. The molecule has 0 radical (unpaired) electrons. The first-order valence-electron chi connectivity index (χ1n) is 12.5. The maximum absolute atomic E-state index is 13.2. The molecule has 1 aromatic heterocycles. The van der Waals surface area contributed by atoms with Crippen LogP contribution in [0.5, 0.6) is 5.75 Å². The molecule has 2 aliphatic heterocycles. The molecule has 5 rings (SSSR count). The van der Waals surface area contributed by atoms with Crippen molar-refractivity contribution in [3.05, 3.63) is 53.5 Å². The summed E-state index contributed by atoms with van der Waals surface area (Å²) in [5.74, 6) is 1.16. The Labute approximate surface area is 230 Å². The van der Waals surface area contributed by atoms with E-state index in [2.05, 4.69) is 10.1 Å². The van der Waals surface area contributed by atoms with Gasteiger partial charge >= 0.3 is 0 Å². The number of piperidine rings is 1. The molecule has 0 unspecified atom stereocenters. The minimum Gasteiger partial charge on any atom is -0.487 e. The first-order valence-corrected chi connectivity index (χ1v) is 12.5. The average Bonchev–Trinajstić information content (AvgIpc) is 3.52. The van der Waals surface area contributed by atoms with Crippen molar-refractivity contribution in [1.82, 2.24) is 10.1 Å². The number of likely N-dealkylation sites (tertiary alicyclic amines) is 1. The molecule has 2 aromatic carbocycles. The summed E-state index contributed by atoms with van der Waals surface area (Å²) in [6.45, 7) is 4.83. The van der Waals surface area contributed by atoms with Crippen molar-refractivity contribution >= 4 is 41.5 Å². The number of fused-ring (bicyclic) bond motifs is 1. The summed E-state index contributed by atoms with van der Waals surface area (Å²) in [6, 6.07) is 10.4. The van der Waals surface area contributed by atoms with Crippen LogP contribution in [-0.4, -0.2) is 63.3 Å². The van der Waals surface area contributed by atoms with Crippen LogP contribution in [0.25, 0.3) is 11.0 Å². The summed E-state index contributed by atoms with van der Waals surface area (Å²) in [5.41, 5.74) is 3.52. The first kappa shape index (κ1) is 29.5. The summed E-state index contributed by atoms with van der Waals surface area (Å²) < 4.78 is 36.3. The number of rotatable bonds is 9. The van der Waals surface area contributed by atoms with Crippen molar-refractivity contribution < 1.29 is 23.1 Å². The average molecular weight is 557 g/mol. The SMILES string of the molecule is CN(C)c1c(OCc2ccc(F)cc2)ccc2c(CCC3CCN(CC4OCCO4)CC3)noc12.Cl.Cl. The quantitative estimate of drug-likeness (QED) is 0.346. The standard InChI is InChI=1S/C27H34FN3O4.2ClH/c1-30(2)26-24(34-18-20-3-6-21(28)7-4-20)10-8-22-23(29-35-27(22)26)9-5-19-11-13-31(14-12-19)17-25-32-15-16-33-25;;/h3-4,6-8,10,19,25H,5,9,11-18H2,1-2H3;2*1H. The molecule has 7 nitrogen and oxygen atoms in total. The molecule has 0 spiro atoms. The van der Waals surface area contributed by atoms with Gasteiger partial charge in [-0.1, -0.05) is 17.3 Å². The zero-order valence-corrected chi connectivity index (χ0v) is 23.0. The van der Waals surface area contributed by atoms with Gasteiger partial charge in [-0.05, 0) is 74.5 Å². The Balaban J connectivity index is 0.00000190. The lowest BCUT2D eigenvalue weighted by atomic mass is 9.91. The smallest absolute Gasteiger partial charge is 0.194 e. The van der Waals surface area contributed by atoms with E-state index in [0.717, 1.165) is 66.1 Å². The lowest BCUT2D eigenvalue weighted by molar-refractivity contribution is -0.0661. The van der Waals surface area contributed by atoms with Crippen molar-refractivity contribution in [2.75, 3.05) is 51.8 Å². The summed E-state index contributed by atoms with van der Waals surface area (Å²) in [6.07, 6.45) is 4.32. The second-order valence-electron chi connectivity index (χ2n) is 9.68. The first-order chi connectivity index (χ1) is 17.1. The van der Waals surface area contributed by atoms with Gasteiger partial charge in [-0.25, -0.2) is 4.39 Å². The fourth-order valence-corrected chi connectivity index (χ4v) is 5.01. The molecule has 0 aliphatic carbocycles. The Bertz CT molecular complexity index is 1110. The van der Waals surface area contributed by atoms with Crippen LogP contribution in [0.15, 0.2) is 40.9 Å². The lowest BCUT2D eigenvalue weighted by Gasteiger charge is -2.32. The molecule has 3 aromatic rings. The van der Waals surface area contributed by atoms with Gasteiger partial charge in [0.15, 0.2) is 11.9 Å². The number of nitrogens with zero attached hydrogens (tertiary/aromatic N) is 3. The summed E-state index contributed by atoms with van der Waals surface area (Å²) in [7, 11) is 3.94. The minimum absolute atomic E-state index is 0. The molecule has 37 heavy (non-hydrogen) atoms. The predicted octanol–water partition coefficient (Wildman–Crippen LogP) is 5.47. The van der Waals surface area contributed by atoms with Crippen LogP contribution in [0.3, 0.4) is 0 Å². The number of ether oxygens (including phenoxy) is 3. The highest BCUT2D eigenvalue weighted by Crippen LogP contribution is 2.38. The van der Waals surface area contributed by atoms with Crippen molar-refractivity contribution in [2.45, 2.75) is 38.6 Å². The third kappa shape index (κ3) is 7.27. The lowest BCUT2D eigenvalue weighted by Crippen LogP contribution is -2.39. The Morgan fingerprint density at radius 1 is 1.03 bits per heavy atom. The molecule has 0 bridgehead atoms. The van der Waals surface area contributed by atoms with Gasteiger partial charge in [0.25, 0.3) is 0 Å². The van der Waals surface area contributed by atoms with Gasteiger partial charge in [-0.3, -0.25) is 4.90 Å². The molecule has 204 valence electrons. The number of halogens is 3. The topological polar surface area (TPSA) is 60.2 Å². The number of aryl methyl sites for hydroxylation is 1. The third-order valence-electron chi connectivity index (χ3n) is 7.00. The maximum Gasteiger partial charge on any atom is 0.194 e. The van der Waals surface area contributed by atoms with Gasteiger partial charge < -0.3 is 23.6 Å². The normalized spacial score (nSPS) is 16.9. The fourth-order valence-electron chi connectivity index (χ4n) is 5.01. The Hall–Kier alpha value is -2.10. The van der Waals surface area contributed by atoms with E-state index in [1.54, 1.807) is 12.1 Å². The van der Waals surface area contributed by atoms with E-state index in [1.807, 2.05) is 31.1 Å². The summed E-state index contributed by atoms with van der Waals surface area (Å²) >= 11 is 0. The second-order valence-corrected chi connectivity index (χ2v) is 9.68. The fraction of sp³-hybridized carbons (Fsp3) is 0.519. The zero-order chi connectivity index (χ0) is 24.2. The van der Waals surface area contributed by atoms with Crippen LogP contribution in [0.4, 0.5) is 10.1 Å². The van der Waals surface area contributed by atoms with E-state index in [1.165, 1.54) is 25.0 Å². The molecule has 10 heteroatoms. The molecule has 0 amide bonds. The van der Waals surface area contributed by atoms with Gasteiger partial charge in [0.2, 0.25) is 0 Å². The van der Waals surface area contributed by atoms with Crippen LogP contribution in [0.2, 0.25) is 0 Å². The van der Waals surface area contributed by atoms with E-state index < -0.39 is 0 Å². The summed E-state index contributed by atoms with van der Waals surface area (Å²) in [4.78, 5) is 4.44. The molecule has 3 heterocycles. The Kier molecular flexibility index (Phi) is 10.8. The predicted molar refractivity (Wildman–Crippen MR) is 147 cm³/mol. The van der Waals surface area contributed by atoms with Gasteiger partial charge in [-0.15, -0.1) is 24.8 Å². The molecule has 2 fully saturated rings. The van der Waals surface area contributed by atoms with Gasteiger partial charge in [-0.2, -0.15) is 0 Å². The van der Waals surface area contributed by atoms with Gasteiger partial charge in [0, 0.05) is 26.0 Å². The third-order valence-corrected chi connectivity index (χ3v) is 7.00. The number of hydrogen-bond donors (Lipinski definition) is 0. The minimum atomic E-state index is -0.253. The molecule has 0 N–H and O–H groups in total. The largest absolute Gasteiger partial charge is 0.487 e. The Morgan fingerprint density at radius 2 is 1.73 bits per heavy atom. The highest BCUT2D eigenvalue weighted by atomic mass is 35.5. The van der Waals surface area contributed by atoms with Crippen molar-refractivity contribution in [2.24, 2.45) is 5.92 Å². The van der Waals surface area contributed by atoms with Crippen LogP contribution < -0.4 is 9.64 Å². The molecule has 0 saturated carbocycles. The number of aromatic nitrogens is 1. The number of anilines is 1. The molecule has 2 aliphatic rings. The van der Waals surface area contributed by atoms with E-state index >= 15 is 0 Å². The van der Waals surface area contributed by atoms with Crippen molar-refractivity contribution in [1.29, 1.82) is 0 Å². The van der Waals surface area contributed by atoms with Gasteiger partial charge in [0.05, 0.1) is 18.9 Å². The maximum atomic E-state index is 13.2. The zero-order valence-electron chi connectivity index (χ0n) is 21.4. The van der Waals surface area contributed by atoms with E-state index in [4.69, 9.17) is 18.7 Å². The van der Waals surface area contributed by atoms with Crippen molar-refractivity contribution in [3.63, 3.8) is 0 Å². The molecular weight excluding hydrogens is 520 g/mol. The number of benzene rings is 2.